The maximum atomic E-state index is 12.7. The van der Waals surface area contributed by atoms with Crippen molar-refractivity contribution in [3.8, 4) is 11.5 Å². The van der Waals surface area contributed by atoms with E-state index in [1.807, 2.05) is 45.0 Å². The van der Waals surface area contributed by atoms with Crippen molar-refractivity contribution in [2.75, 3.05) is 0 Å². The Morgan fingerprint density at radius 2 is 1.36 bits per heavy atom. The van der Waals surface area contributed by atoms with Crippen molar-refractivity contribution in [3.63, 3.8) is 0 Å². The number of esters is 2. The zero-order valence-corrected chi connectivity index (χ0v) is 16.2. The minimum absolute atomic E-state index is 0.209. The quantitative estimate of drug-likeness (QED) is 0.449. The van der Waals surface area contributed by atoms with Gasteiger partial charge >= 0.3 is 11.9 Å². The van der Waals surface area contributed by atoms with E-state index in [1.54, 1.807) is 42.5 Å². The van der Waals surface area contributed by atoms with E-state index in [1.165, 1.54) is 0 Å². The monoisotopic (exact) mass is 374 g/mol. The summed E-state index contributed by atoms with van der Waals surface area (Å²) >= 11 is 0. The SMILES string of the molecule is CCc1ccccc1C(=O)Oc1cc(C)ccc1OC(=O)c1ccccc1C. The average molecular weight is 374 g/mol. The van der Waals surface area contributed by atoms with Crippen molar-refractivity contribution >= 4 is 11.9 Å². The molecule has 0 spiro atoms. The van der Waals surface area contributed by atoms with E-state index in [4.69, 9.17) is 9.47 Å². The van der Waals surface area contributed by atoms with Gasteiger partial charge in [0.15, 0.2) is 11.5 Å². The summed E-state index contributed by atoms with van der Waals surface area (Å²) in [5, 5.41) is 0. The summed E-state index contributed by atoms with van der Waals surface area (Å²) in [7, 11) is 0. The summed E-state index contributed by atoms with van der Waals surface area (Å²) in [4.78, 5) is 25.3. The standard InChI is InChI=1S/C24H22O4/c1-4-18-10-6-8-12-20(18)24(26)28-22-15-16(2)13-14-21(22)27-23(25)19-11-7-5-9-17(19)3/h5-15H,4H2,1-3H3. The molecule has 0 aliphatic rings. The van der Waals surface area contributed by atoms with Crippen LogP contribution in [0.15, 0.2) is 66.7 Å². The minimum Gasteiger partial charge on any atom is -0.419 e. The molecule has 3 aromatic rings. The van der Waals surface area contributed by atoms with Crippen LogP contribution in [-0.2, 0) is 6.42 Å². The predicted molar refractivity (Wildman–Crippen MR) is 108 cm³/mol. The highest BCUT2D eigenvalue weighted by Gasteiger charge is 2.18. The van der Waals surface area contributed by atoms with Gasteiger partial charge in [-0.25, -0.2) is 9.59 Å². The molecule has 142 valence electrons. The number of carbonyl (C=O) groups excluding carboxylic acids is 2. The van der Waals surface area contributed by atoms with Crippen molar-refractivity contribution in [1.82, 2.24) is 0 Å². The fourth-order valence-corrected chi connectivity index (χ4v) is 2.92. The molecule has 0 N–H and O–H groups in total. The van der Waals surface area contributed by atoms with Crippen LogP contribution in [0.5, 0.6) is 11.5 Å². The normalized spacial score (nSPS) is 10.4. The lowest BCUT2D eigenvalue weighted by Crippen LogP contribution is -2.14. The van der Waals surface area contributed by atoms with Gasteiger partial charge in [-0.2, -0.15) is 0 Å². The summed E-state index contributed by atoms with van der Waals surface area (Å²) in [6, 6.07) is 19.6. The number of carbonyl (C=O) groups is 2. The van der Waals surface area contributed by atoms with Crippen LogP contribution in [0, 0.1) is 13.8 Å². The van der Waals surface area contributed by atoms with Gasteiger partial charge in [-0.15, -0.1) is 0 Å². The molecule has 4 heteroatoms. The molecule has 0 unspecified atom stereocenters. The number of hydrogen-bond acceptors (Lipinski definition) is 4. The smallest absolute Gasteiger partial charge is 0.343 e. The molecule has 0 saturated carbocycles. The summed E-state index contributed by atoms with van der Waals surface area (Å²) in [5.74, 6) is -0.538. The first-order valence-corrected chi connectivity index (χ1v) is 9.18. The van der Waals surface area contributed by atoms with Crippen molar-refractivity contribution in [3.05, 3.63) is 94.5 Å². The van der Waals surface area contributed by atoms with Gasteiger partial charge in [-0.1, -0.05) is 49.4 Å². The van der Waals surface area contributed by atoms with Gasteiger partial charge < -0.3 is 9.47 Å². The molecule has 0 bridgehead atoms. The summed E-state index contributed by atoms with van der Waals surface area (Å²) in [6.07, 6.45) is 0.716. The number of aryl methyl sites for hydroxylation is 3. The van der Waals surface area contributed by atoms with Gasteiger partial charge in [0.25, 0.3) is 0 Å². The lowest BCUT2D eigenvalue weighted by Gasteiger charge is -2.13. The van der Waals surface area contributed by atoms with Crippen molar-refractivity contribution in [2.45, 2.75) is 27.2 Å². The molecule has 0 heterocycles. The molecule has 3 rings (SSSR count). The molecule has 0 saturated heterocycles. The van der Waals surface area contributed by atoms with Crippen LogP contribution >= 0.6 is 0 Å². The van der Waals surface area contributed by atoms with Crippen LogP contribution in [-0.4, -0.2) is 11.9 Å². The first kappa shape index (κ1) is 19.4. The molecule has 0 amide bonds. The fourth-order valence-electron chi connectivity index (χ4n) is 2.92. The third-order valence-electron chi connectivity index (χ3n) is 4.49. The van der Waals surface area contributed by atoms with Crippen LogP contribution in [0.25, 0.3) is 0 Å². The van der Waals surface area contributed by atoms with E-state index in [9.17, 15) is 9.59 Å². The van der Waals surface area contributed by atoms with Crippen molar-refractivity contribution in [2.24, 2.45) is 0 Å². The Bertz CT molecular complexity index is 1020. The molecule has 0 radical (unpaired) electrons. The minimum atomic E-state index is -0.492. The second kappa shape index (κ2) is 8.53. The molecular formula is C24H22O4. The Balaban J connectivity index is 1.88. The molecule has 0 fully saturated rings. The number of hydrogen-bond donors (Lipinski definition) is 0. The average Bonchev–Trinajstić information content (AvgIpc) is 2.70. The maximum absolute atomic E-state index is 12.7. The first-order valence-electron chi connectivity index (χ1n) is 9.18. The zero-order valence-electron chi connectivity index (χ0n) is 16.2. The van der Waals surface area contributed by atoms with Crippen LogP contribution in [0.3, 0.4) is 0 Å². The van der Waals surface area contributed by atoms with Crippen molar-refractivity contribution < 1.29 is 19.1 Å². The topological polar surface area (TPSA) is 52.6 Å². The largest absolute Gasteiger partial charge is 0.419 e. The highest BCUT2D eigenvalue weighted by Crippen LogP contribution is 2.30. The van der Waals surface area contributed by atoms with Gasteiger partial charge in [0, 0.05) is 0 Å². The molecular weight excluding hydrogens is 352 g/mol. The maximum Gasteiger partial charge on any atom is 0.343 e. The van der Waals surface area contributed by atoms with Crippen LogP contribution in [0.4, 0.5) is 0 Å². The first-order chi connectivity index (χ1) is 13.5. The van der Waals surface area contributed by atoms with E-state index in [0.717, 1.165) is 16.7 Å². The number of benzene rings is 3. The molecule has 4 nitrogen and oxygen atoms in total. The third kappa shape index (κ3) is 4.29. The second-order valence-corrected chi connectivity index (χ2v) is 6.55. The summed E-state index contributed by atoms with van der Waals surface area (Å²) in [6.45, 7) is 5.70. The molecule has 3 aromatic carbocycles. The predicted octanol–water partition coefficient (Wildman–Crippen LogP) is 5.30. The zero-order chi connectivity index (χ0) is 20.1. The molecule has 28 heavy (non-hydrogen) atoms. The van der Waals surface area contributed by atoms with Gasteiger partial charge in [0.1, 0.15) is 0 Å². The molecule has 0 aliphatic heterocycles. The van der Waals surface area contributed by atoms with E-state index < -0.39 is 11.9 Å². The number of rotatable bonds is 5. The van der Waals surface area contributed by atoms with Crippen LogP contribution in [0.2, 0.25) is 0 Å². The highest BCUT2D eigenvalue weighted by atomic mass is 16.6. The van der Waals surface area contributed by atoms with Gasteiger partial charge in [-0.05, 0) is 61.2 Å². The van der Waals surface area contributed by atoms with Crippen molar-refractivity contribution in [1.29, 1.82) is 0 Å². The Hall–Kier alpha value is -3.40. The molecule has 0 atom stereocenters. The van der Waals surface area contributed by atoms with E-state index in [-0.39, 0.29) is 11.5 Å². The summed E-state index contributed by atoms with van der Waals surface area (Å²) < 4.78 is 11.2. The molecule has 0 aromatic heterocycles. The van der Waals surface area contributed by atoms with E-state index >= 15 is 0 Å². The van der Waals surface area contributed by atoms with E-state index in [0.29, 0.717) is 17.5 Å². The van der Waals surface area contributed by atoms with Gasteiger partial charge in [-0.3, -0.25) is 0 Å². The lowest BCUT2D eigenvalue weighted by atomic mass is 10.1. The highest BCUT2D eigenvalue weighted by molar-refractivity contribution is 5.94. The Kier molecular flexibility index (Phi) is 5.90. The fraction of sp³-hybridized carbons (Fsp3) is 0.167. The Labute approximate surface area is 164 Å². The Morgan fingerprint density at radius 1 is 0.750 bits per heavy atom. The third-order valence-corrected chi connectivity index (χ3v) is 4.49. The van der Waals surface area contributed by atoms with Crippen LogP contribution < -0.4 is 9.47 Å². The number of ether oxygens (including phenoxy) is 2. The summed E-state index contributed by atoms with van der Waals surface area (Å²) in [5.41, 5.74) is 3.58. The van der Waals surface area contributed by atoms with Crippen LogP contribution in [0.1, 0.15) is 44.3 Å². The Morgan fingerprint density at radius 3 is 2.07 bits per heavy atom. The van der Waals surface area contributed by atoms with Gasteiger partial charge in [0.05, 0.1) is 11.1 Å². The van der Waals surface area contributed by atoms with Gasteiger partial charge in [0.2, 0.25) is 0 Å². The lowest BCUT2D eigenvalue weighted by molar-refractivity contribution is 0.0681. The second-order valence-electron chi connectivity index (χ2n) is 6.55. The molecule has 0 aliphatic carbocycles. The van der Waals surface area contributed by atoms with E-state index in [2.05, 4.69) is 0 Å².